The summed E-state index contributed by atoms with van der Waals surface area (Å²) in [6, 6.07) is 19.9. The van der Waals surface area contributed by atoms with Crippen LogP contribution in [0.25, 0.3) is 0 Å². The van der Waals surface area contributed by atoms with Crippen molar-refractivity contribution < 1.29 is 4.79 Å². The van der Waals surface area contributed by atoms with Crippen LogP contribution in [0.2, 0.25) is 0 Å². The summed E-state index contributed by atoms with van der Waals surface area (Å²) in [7, 11) is 0. The van der Waals surface area contributed by atoms with Gasteiger partial charge in [-0.1, -0.05) is 60.7 Å². The second kappa shape index (κ2) is 8.01. The first-order chi connectivity index (χ1) is 11.8. The van der Waals surface area contributed by atoms with Gasteiger partial charge in [0.1, 0.15) is 0 Å². The Kier molecular flexibility index (Phi) is 5.29. The molecular formula is C18H19N5O. The number of aryl methyl sites for hydroxylation is 2. The Morgan fingerprint density at radius 1 is 0.958 bits per heavy atom. The van der Waals surface area contributed by atoms with Crippen LogP contribution in [0.3, 0.4) is 0 Å². The number of aromatic nitrogens is 4. The zero-order valence-corrected chi connectivity index (χ0v) is 13.3. The highest BCUT2D eigenvalue weighted by Gasteiger charge is 2.11. The van der Waals surface area contributed by atoms with E-state index < -0.39 is 0 Å². The minimum Gasteiger partial charge on any atom is -0.352 e. The molecule has 24 heavy (non-hydrogen) atoms. The van der Waals surface area contributed by atoms with Gasteiger partial charge in [0.2, 0.25) is 5.91 Å². The first-order valence-electron chi connectivity index (χ1n) is 7.91. The van der Waals surface area contributed by atoms with E-state index in [1.807, 2.05) is 48.5 Å². The summed E-state index contributed by atoms with van der Waals surface area (Å²) in [4.78, 5) is 12.1. The lowest BCUT2D eigenvalue weighted by atomic mass is 10.1. The Labute approximate surface area is 140 Å². The lowest BCUT2D eigenvalue weighted by molar-refractivity contribution is -0.120. The molecule has 6 heteroatoms. The molecule has 1 aromatic heterocycles. The fourth-order valence-corrected chi connectivity index (χ4v) is 2.41. The monoisotopic (exact) mass is 321 g/mol. The average molecular weight is 321 g/mol. The molecule has 0 saturated heterocycles. The van der Waals surface area contributed by atoms with Crippen molar-refractivity contribution in [2.24, 2.45) is 0 Å². The fraction of sp³-hybridized carbons (Fsp3) is 0.222. The van der Waals surface area contributed by atoms with Gasteiger partial charge < -0.3 is 5.32 Å². The van der Waals surface area contributed by atoms with Crippen LogP contribution in [-0.2, 0) is 30.7 Å². The van der Waals surface area contributed by atoms with Crippen molar-refractivity contribution in [3.63, 3.8) is 0 Å². The Hall–Kier alpha value is -3.02. The second-order valence-corrected chi connectivity index (χ2v) is 5.49. The predicted octanol–water partition coefficient (Wildman–Crippen LogP) is 1.77. The summed E-state index contributed by atoms with van der Waals surface area (Å²) in [5.41, 5.74) is 2.28. The second-order valence-electron chi connectivity index (χ2n) is 5.49. The van der Waals surface area contributed by atoms with E-state index in [0.29, 0.717) is 18.9 Å². The van der Waals surface area contributed by atoms with Crippen LogP contribution in [0, 0.1) is 0 Å². The third-order valence-corrected chi connectivity index (χ3v) is 3.71. The highest BCUT2D eigenvalue weighted by Crippen LogP contribution is 2.03. The van der Waals surface area contributed by atoms with Crippen molar-refractivity contribution in [2.75, 3.05) is 0 Å². The molecule has 1 N–H and O–H groups in total. The van der Waals surface area contributed by atoms with Gasteiger partial charge in [0.15, 0.2) is 5.82 Å². The van der Waals surface area contributed by atoms with Crippen molar-refractivity contribution in [1.82, 2.24) is 25.5 Å². The standard InChI is InChI=1S/C18H19N5O/c24-18(19-14-16-9-5-2-6-10-16)13-17-20-21-22-23(17)12-11-15-7-3-1-4-8-15/h1-10H,11-14H2,(H,19,24). The molecular weight excluding hydrogens is 302 g/mol. The molecule has 2 aromatic carbocycles. The van der Waals surface area contributed by atoms with Gasteiger partial charge in [-0.3, -0.25) is 4.79 Å². The maximum atomic E-state index is 12.1. The lowest BCUT2D eigenvalue weighted by Crippen LogP contribution is -2.26. The highest BCUT2D eigenvalue weighted by atomic mass is 16.1. The van der Waals surface area contributed by atoms with Crippen molar-refractivity contribution in [2.45, 2.75) is 25.9 Å². The Balaban J connectivity index is 1.52. The van der Waals surface area contributed by atoms with Gasteiger partial charge in [0, 0.05) is 13.1 Å². The van der Waals surface area contributed by atoms with E-state index in [-0.39, 0.29) is 12.3 Å². The summed E-state index contributed by atoms with van der Waals surface area (Å²) in [5.74, 6) is 0.492. The minimum atomic E-state index is -0.0883. The largest absolute Gasteiger partial charge is 0.352 e. The summed E-state index contributed by atoms with van der Waals surface area (Å²) in [6.07, 6.45) is 0.999. The van der Waals surface area contributed by atoms with Crippen molar-refractivity contribution in [1.29, 1.82) is 0 Å². The number of carbonyl (C=O) groups is 1. The topological polar surface area (TPSA) is 72.7 Å². The van der Waals surface area contributed by atoms with E-state index in [9.17, 15) is 4.79 Å². The Morgan fingerprint density at radius 2 is 1.62 bits per heavy atom. The van der Waals surface area contributed by atoms with Gasteiger partial charge in [-0.05, 0) is 28.0 Å². The zero-order chi connectivity index (χ0) is 16.6. The molecule has 6 nitrogen and oxygen atoms in total. The molecule has 1 heterocycles. The van der Waals surface area contributed by atoms with Crippen LogP contribution < -0.4 is 5.32 Å². The van der Waals surface area contributed by atoms with E-state index in [2.05, 4.69) is 33.0 Å². The highest BCUT2D eigenvalue weighted by molar-refractivity contribution is 5.77. The van der Waals surface area contributed by atoms with Crippen LogP contribution in [0.5, 0.6) is 0 Å². The normalized spacial score (nSPS) is 10.5. The van der Waals surface area contributed by atoms with Gasteiger partial charge in [0.05, 0.1) is 6.42 Å². The number of amides is 1. The van der Waals surface area contributed by atoms with E-state index in [0.717, 1.165) is 12.0 Å². The first kappa shape index (κ1) is 15.9. The molecule has 0 bridgehead atoms. The Bertz CT molecular complexity index is 770. The molecule has 0 aliphatic carbocycles. The molecule has 0 atom stereocenters. The first-order valence-corrected chi connectivity index (χ1v) is 7.91. The molecule has 0 fully saturated rings. The van der Waals surface area contributed by atoms with Crippen molar-refractivity contribution in [3.8, 4) is 0 Å². The SMILES string of the molecule is O=C(Cc1nnnn1CCc1ccccc1)NCc1ccccc1. The number of hydrogen-bond donors (Lipinski definition) is 1. The fourth-order valence-electron chi connectivity index (χ4n) is 2.41. The van der Waals surface area contributed by atoms with Gasteiger partial charge >= 0.3 is 0 Å². The van der Waals surface area contributed by atoms with Crippen molar-refractivity contribution >= 4 is 5.91 Å². The van der Waals surface area contributed by atoms with Gasteiger partial charge in [0.25, 0.3) is 0 Å². The van der Waals surface area contributed by atoms with E-state index >= 15 is 0 Å². The molecule has 0 radical (unpaired) electrons. The number of rotatable bonds is 7. The maximum absolute atomic E-state index is 12.1. The third-order valence-electron chi connectivity index (χ3n) is 3.71. The van der Waals surface area contributed by atoms with Crippen molar-refractivity contribution in [3.05, 3.63) is 77.6 Å². The number of nitrogens with zero attached hydrogens (tertiary/aromatic N) is 4. The van der Waals surface area contributed by atoms with Gasteiger partial charge in [-0.25, -0.2) is 4.68 Å². The summed E-state index contributed by atoms with van der Waals surface area (Å²) in [5, 5.41) is 14.5. The summed E-state index contributed by atoms with van der Waals surface area (Å²) >= 11 is 0. The predicted molar refractivity (Wildman–Crippen MR) is 90.0 cm³/mol. The van der Waals surface area contributed by atoms with Crippen LogP contribution in [-0.4, -0.2) is 26.1 Å². The number of carbonyl (C=O) groups excluding carboxylic acids is 1. The quantitative estimate of drug-likeness (QED) is 0.720. The number of tetrazole rings is 1. The summed E-state index contributed by atoms with van der Waals surface area (Å²) in [6.45, 7) is 1.16. The molecule has 0 unspecified atom stereocenters. The van der Waals surface area contributed by atoms with E-state index in [4.69, 9.17) is 0 Å². The number of hydrogen-bond acceptors (Lipinski definition) is 4. The smallest absolute Gasteiger partial charge is 0.227 e. The van der Waals surface area contributed by atoms with E-state index in [1.54, 1.807) is 4.68 Å². The van der Waals surface area contributed by atoms with Crippen LogP contribution in [0.1, 0.15) is 17.0 Å². The molecule has 0 saturated carbocycles. The van der Waals surface area contributed by atoms with E-state index in [1.165, 1.54) is 5.56 Å². The Morgan fingerprint density at radius 3 is 2.33 bits per heavy atom. The molecule has 122 valence electrons. The maximum Gasteiger partial charge on any atom is 0.227 e. The van der Waals surface area contributed by atoms with Crippen LogP contribution >= 0.6 is 0 Å². The van der Waals surface area contributed by atoms with Gasteiger partial charge in [-0.15, -0.1) is 5.10 Å². The minimum absolute atomic E-state index is 0.0883. The number of benzene rings is 2. The van der Waals surface area contributed by atoms with Crippen LogP contribution in [0.15, 0.2) is 60.7 Å². The van der Waals surface area contributed by atoms with Crippen LogP contribution in [0.4, 0.5) is 0 Å². The third kappa shape index (κ3) is 4.49. The average Bonchev–Trinajstić information content (AvgIpc) is 3.07. The molecule has 1 amide bonds. The lowest BCUT2D eigenvalue weighted by Gasteiger charge is -2.06. The molecule has 3 aromatic rings. The molecule has 0 spiro atoms. The molecule has 3 rings (SSSR count). The van der Waals surface area contributed by atoms with Gasteiger partial charge in [-0.2, -0.15) is 0 Å². The molecule has 0 aliphatic heterocycles. The molecule has 0 aliphatic rings. The number of nitrogens with one attached hydrogen (secondary N) is 1. The summed E-state index contributed by atoms with van der Waals surface area (Å²) < 4.78 is 1.69. The zero-order valence-electron chi connectivity index (χ0n) is 13.3.